The van der Waals surface area contributed by atoms with Crippen LogP contribution in [0.15, 0.2) is 48.8 Å². The number of para-hydroxylation sites is 1. The summed E-state index contributed by atoms with van der Waals surface area (Å²) in [5.41, 5.74) is 3.41. The maximum absolute atomic E-state index is 6.05. The second-order valence-corrected chi connectivity index (χ2v) is 7.10. The second-order valence-electron chi connectivity index (χ2n) is 7.10. The molecule has 7 nitrogen and oxygen atoms in total. The van der Waals surface area contributed by atoms with Crippen LogP contribution in [-0.4, -0.2) is 51.7 Å². The monoisotopic (exact) mass is 364 g/mol. The van der Waals surface area contributed by atoms with Crippen LogP contribution in [0.25, 0.3) is 11.5 Å². The van der Waals surface area contributed by atoms with E-state index in [0.717, 1.165) is 57.4 Å². The number of benzene rings is 1. The van der Waals surface area contributed by atoms with Gasteiger partial charge in [-0.3, -0.25) is 4.68 Å². The van der Waals surface area contributed by atoms with Gasteiger partial charge in [0.1, 0.15) is 5.69 Å². The molecule has 0 saturated carbocycles. The lowest BCUT2D eigenvalue weighted by Crippen LogP contribution is -2.44. The highest BCUT2D eigenvalue weighted by Gasteiger charge is 2.23. The molecule has 1 fully saturated rings. The van der Waals surface area contributed by atoms with E-state index in [9.17, 15) is 0 Å². The molecule has 2 aliphatic rings. The Balaban J connectivity index is 1.33. The Morgan fingerprint density at radius 2 is 2.11 bits per heavy atom. The molecule has 1 N–H and O–H groups in total. The average molecular weight is 364 g/mol. The second kappa shape index (κ2) is 7.17. The predicted molar refractivity (Wildman–Crippen MR) is 104 cm³/mol. The van der Waals surface area contributed by atoms with Crippen molar-refractivity contribution >= 4 is 5.69 Å². The van der Waals surface area contributed by atoms with Crippen molar-refractivity contribution in [1.82, 2.24) is 24.6 Å². The third-order valence-electron chi connectivity index (χ3n) is 5.27. The molecule has 27 heavy (non-hydrogen) atoms. The van der Waals surface area contributed by atoms with Gasteiger partial charge in [0.05, 0.1) is 31.5 Å². The first-order valence-electron chi connectivity index (χ1n) is 9.57. The van der Waals surface area contributed by atoms with Gasteiger partial charge in [-0.05, 0) is 18.2 Å². The lowest BCUT2D eigenvalue weighted by atomic mass is 10.2. The number of hydrogen-bond acceptors (Lipinski definition) is 5. The lowest BCUT2D eigenvalue weighted by Gasteiger charge is -2.34. The molecule has 0 bridgehead atoms. The molecule has 4 heterocycles. The number of rotatable bonds is 4. The number of nitrogens with zero attached hydrogens (tertiary/aromatic N) is 5. The predicted octanol–water partition coefficient (Wildman–Crippen LogP) is 1.76. The molecule has 0 spiro atoms. The molecule has 0 unspecified atom stereocenters. The Labute approximate surface area is 158 Å². The molecule has 140 valence electrons. The number of fused-ring (bicyclic) bond motifs is 1. The van der Waals surface area contributed by atoms with Crippen molar-refractivity contribution in [2.75, 3.05) is 31.1 Å². The molecule has 5 rings (SSSR count). The van der Waals surface area contributed by atoms with Crippen molar-refractivity contribution in [3.05, 3.63) is 54.5 Å². The number of nitrogens with one attached hydrogen (secondary N) is 1. The highest BCUT2D eigenvalue weighted by molar-refractivity contribution is 5.51. The standard InChI is InChI=1S/C20H24N6O/c1-2-4-16(5-3-1)24-10-11-27-18(14-24)15-25-8-7-22-20(25)19-12-17-13-21-6-9-26(17)23-19/h1-5,7-8,12,18,21H,6,9-11,13-15H2/t18-/m0/s1. The number of imidazole rings is 1. The molecule has 1 saturated heterocycles. The summed E-state index contributed by atoms with van der Waals surface area (Å²) in [6, 6.07) is 12.7. The van der Waals surface area contributed by atoms with Crippen molar-refractivity contribution in [1.29, 1.82) is 0 Å². The van der Waals surface area contributed by atoms with Gasteiger partial charge in [0.15, 0.2) is 5.82 Å². The minimum Gasteiger partial charge on any atom is -0.373 e. The lowest BCUT2D eigenvalue weighted by molar-refractivity contribution is 0.0299. The van der Waals surface area contributed by atoms with Crippen molar-refractivity contribution < 1.29 is 4.74 Å². The molecule has 7 heteroatoms. The van der Waals surface area contributed by atoms with Crippen LogP contribution in [0.4, 0.5) is 5.69 Å². The fourth-order valence-electron chi connectivity index (χ4n) is 3.91. The van der Waals surface area contributed by atoms with Crippen LogP contribution < -0.4 is 10.2 Å². The van der Waals surface area contributed by atoms with Crippen LogP contribution in [0, 0.1) is 0 Å². The molecule has 3 aromatic rings. The molecular formula is C20H24N6O. The molecule has 2 aliphatic heterocycles. The topological polar surface area (TPSA) is 60.1 Å². The summed E-state index contributed by atoms with van der Waals surface area (Å²) in [6.45, 7) is 6.07. The number of aromatic nitrogens is 4. The summed E-state index contributed by atoms with van der Waals surface area (Å²) in [6.07, 6.45) is 4.01. The SMILES string of the molecule is c1ccc(N2CCO[C@H](Cn3ccnc3-c3cc4n(n3)CCNC4)C2)cc1. The number of anilines is 1. The van der Waals surface area contributed by atoms with Gasteiger partial charge < -0.3 is 19.5 Å². The Kier molecular flexibility index (Phi) is 4.39. The Bertz CT molecular complexity index is 879. The van der Waals surface area contributed by atoms with Gasteiger partial charge in [-0.15, -0.1) is 0 Å². The first kappa shape index (κ1) is 16.5. The Morgan fingerprint density at radius 1 is 1.19 bits per heavy atom. The van der Waals surface area contributed by atoms with Crippen molar-refractivity contribution in [3.63, 3.8) is 0 Å². The van der Waals surface area contributed by atoms with E-state index in [4.69, 9.17) is 9.84 Å². The molecule has 1 atom stereocenters. The van der Waals surface area contributed by atoms with E-state index in [1.165, 1.54) is 11.4 Å². The maximum Gasteiger partial charge on any atom is 0.160 e. The van der Waals surface area contributed by atoms with Crippen LogP contribution in [0.1, 0.15) is 5.69 Å². The Morgan fingerprint density at radius 3 is 3.00 bits per heavy atom. The fourth-order valence-corrected chi connectivity index (χ4v) is 3.91. The highest BCUT2D eigenvalue weighted by Crippen LogP contribution is 2.22. The van der Waals surface area contributed by atoms with Crippen molar-refractivity contribution in [2.24, 2.45) is 0 Å². The zero-order valence-electron chi connectivity index (χ0n) is 15.3. The van der Waals surface area contributed by atoms with Gasteiger partial charge in [0.25, 0.3) is 0 Å². The quantitative estimate of drug-likeness (QED) is 0.764. The number of hydrogen-bond donors (Lipinski definition) is 1. The molecular weight excluding hydrogens is 340 g/mol. The van der Waals surface area contributed by atoms with Gasteiger partial charge in [0.2, 0.25) is 0 Å². The Hall–Kier alpha value is -2.64. The van der Waals surface area contributed by atoms with Crippen LogP contribution in [0.2, 0.25) is 0 Å². The first-order chi connectivity index (χ1) is 13.4. The highest BCUT2D eigenvalue weighted by atomic mass is 16.5. The average Bonchev–Trinajstić information content (AvgIpc) is 3.35. The van der Waals surface area contributed by atoms with E-state index in [0.29, 0.717) is 0 Å². The smallest absolute Gasteiger partial charge is 0.160 e. The van der Waals surface area contributed by atoms with Crippen LogP contribution in [0.5, 0.6) is 0 Å². The van der Waals surface area contributed by atoms with Crippen molar-refractivity contribution in [3.8, 4) is 11.5 Å². The van der Waals surface area contributed by atoms with Gasteiger partial charge in [-0.25, -0.2) is 4.98 Å². The third kappa shape index (κ3) is 3.36. The van der Waals surface area contributed by atoms with Gasteiger partial charge in [-0.1, -0.05) is 18.2 Å². The van der Waals surface area contributed by atoms with Gasteiger partial charge in [-0.2, -0.15) is 5.10 Å². The minimum atomic E-state index is 0.130. The van der Waals surface area contributed by atoms with Crippen LogP contribution >= 0.6 is 0 Å². The van der Waals surface area contributed by atoms with Gasteiger partial charge in [0, 0.05) is 44.3 Å². The summed E-state index contributed by atoms with van der Waals surface area (Å²) in [4.78, 5) is 6.96. The maximum atomic E-state index is 6.05. The first-order valence-corrected chi connectivity index (χ1v) is 9.57. The molecule has 1 aromatic carbocycles. The third-order valence-corrected chi connectivity index (χ3v) is 5.27. The summed E-state index contributed by atoms with van der Waals surface area (Å²) in [5.74, 6) is 0.914. The molecule has 0 aliphatic carbocycles. The van der Waals surface area contributed by atoms with E-state index >= 15 is 0 Å². The van der Waals surface area contributed by atoms with E-state index in [2.05, 4.69) is 60.8 Å². The van der Waals surface area contributed by atoms with Crippen molar-refractivity contribution in [2.45, 2.75) is 25.7 Å². The van der Waals surface area contributed by atoms with E-state index in [-0.39, 0.29) is 6.10 Å². The summed E-state index contributed by atoms with van der Waals surface area (Å²) < 4.78 is 10.3. The van der Waals surface area contributed by atoms with Crippen LogP contribution in [-0.2, 0) is 24.4 Å². The largest absolute Gasteiger partial charge is 0.373 e. The molecule has 0 radical (unpaired) electrons. The van der Waals surface area contributed by atoms with E-state index < -0.39 is 0 Å². The summed E-state index contributed by atoms with van der Waals surface area (Å²) in [5, 5.41) is 8.14. The molecule has 2 aromatic heterocycles. The number of morpholine rings is 1. The van der Waals surface area contributed by atoms with Gasteiger partial charge >= 0.3 is 0 Å². The number of ether oxygens (including phenoxy) is 1. The fraction of sp³-hybridized carbons (Fsp3) is 0.400. The summed E-state index contributed by atoms with van der Waals surface area (Å²) in [7, 11) is 0. The normalized spacial score (nSPS) is 19.9. The van der Waals surface area contributed by atoms with Crippen LogP contribution in [0.3, 0.4) is 0 Å². The zero-order chi connectivity index (χ0) is 18.1. The van der Waals surface area contributed by atoms with E-state index in [1.54, 1.807) is 0 Å². The van der Waals surface area contributed by atoms with E-state index in [1.807, 2.05) is 12.4 Å². The minimum absolute atomic E-state index is 0.130. The summed E-state index contributed by atoms with van der Waals surface area (Å²) >= 11 is 0. The zero-order valence-corrected chi connectivity index (χ0v) is 15.3. The molecule has 0 amide bonds.